The lowest BCUT2D eigenvalue weighted by Crippen LogP contribution is -1.88. The summed E-state index contributed by atoms with van der Waals surface area (Å²) in [5.74, 6) is 0.991. The Morgan fingerprint density at radius 3 is 1.86 bits per heavy atom. The summed E-state index contributed by atoms with van der Waals surface area (Å²) in [7, 11) is 1.70. The Hall–Kier alpha value is -0.980. The van der Waals surface area contributed by atoms with Crippen LogP contribution in [0.15, 0.2) is 24.3 Å². The molecule has 0 N–H and O–H groups in total. The molecule has 1 aromatic rings. The van der Waals surface area contributed by atoms with Crippen molar-refractivity contribution in [2.75, 3.05) is 7.11 Å². The van der Waals surface area contributed by atoms with Crippen molar-refractivity contribution < 1.29 is 4.74 Å². The first-order valence-electron chi connectivity index (χ1n) is 5.50. The van der Waals surface area contributed by atoms with Crippen molar-refractivity contribution in [1.82, 2.24) is 0 Å². The first kappa shape index (κ1) is 15.5. The molecule has 1 nitrogen and oxygen atoms in total. The van der Waals surface area contributed by atoms with Crippen LogP contribution in [-0.4, -0.2) is 7.11 Å². The van der Waals surface area contributed by atoms with E-state index >= 15 is 0 Å². The average molecular weight is 196 g/mol. The second-order valence-electron chi connectivity index (χ2n) is 2.17. The summed E-state index contributed by atoms with van der Waals surface area (Å²) in [6.45, 7) is 10.1. The number of benzene rings is 1. The highest BCUT2D eigenvalue weighted by molar-refractivity contribution is 5.32. The quantitative estimate of drug-likeness (QED) is 0.685. The lowest BCUT2D eigenvalue weighted by Gasteiger charge is -2.03. The smallest absolute Gasteiger partial charge is 0.122 e. The molecule has 14 heavy (non-hydrogen) atoms. The molecule has 0 bridgehead atoms. The molecule has 0 aliphatic carbocycles. The predicted molar refractivity (Wildman–Crippen MR) is 65.1 cm³/mol. The fraction of sp³-hybridized carbons (Fsp3) is 0.538. The molecule has 0 unspecified atom stereocenters. The van der Waals surface area contributed by atoms with Gasteiger partial charge in [0, 0.05) is 0 Å². The Bertz CT molecular complexity index is 183. The standard InChI is InChI=1S/C9H12O.2C2H6/c1-3-8-6-4-5-7-9(8)10-2;2*1-2/h4-7H,3H2,1-2H3;2*1-2H3. The summed E-state index contributed by atoms with van der Waals surface area (Å²) in [5, 5.41) is 0. The van der Waals surface area contributed by atoms with Gasteiger partial charge in [-0.3, -0.25) is 0 Å². The molecule has 0 spiro atoms. The van der Waals surface area contributed by atoms with Gasteiger partial charge in [-0.05, 0) is 18.1 Å². The number of para-hydroxylation sites is 1. The highest BCUT2D eigenvalue weighted by Gasteiger charge is 1.95. The lowest BCUT2D eigenvalue weighted by molar-refractivity contribution is 0.410. The van der Waals surface area contributed by atoms with Gasteiger partial charge in [0.15, 0.2) is 0 Å². The Kier molecular flexibility index (Phi) is 13.3. The van der Waals surface area contributed by atoms with Crippen LogP contribution >= 0.6 is 0 Å². The van der Waals surface area contributed by atoms with E-state index in [1.165, 1.54) is 5.56 Å². The van der Waals surface area contributed by atoms with E-state index in [-0.39, 0.29) is 0 Å². The molecule has 1 heteroatoms. The number of hydrogen-bond donors (Lipinski definition) is 0. The number of rotatable bonds is 2. The third kappa shape index (κ3) is 5.63. The minimum atomic E-state index is 0.991. The fourth-order valence-corrected chi connectivity index (χ4v) is 0.995. The molecule has 1 aromatic carbocycles. The van der Waals surface area contributed by atoms with E-state index in [1.807, 2.05) is 45.9 Å². The monoisotopic (exact) mass is 196 g/mol. The fourth-order valence-electron chi connectivity index (χ4n) is 0.995. The molecular formula is C13H24O. The summed E-state index contributed by atoms with van der Waals surface area (Å²) in [4.78, 5) is 0. The zero-order valence-electron chi connectivity index (χ0n) is 10.4. The Labute approximate surface area is 89.1 Å². The third-order valence-electron chi connectivity index (χ3n) is 1.57. The van der Waals surface area contributed by atoms with Crippen molar-refractivity contribution in [3.8, 4) is 5.75 Å². The maximum absolute atomic E-state index is 5.14. The maximum Gasteiger partial charge on any atom is 0.122 e. The summed E-state index contributed by atoms with van der Waals surface area (Å²) < 4.78 is 5.14. The number of hydrogen-bond acceptors (Lipinski definition) is 1. The van der Waals surface area contributed by atoms with Gasteiger partial charge in [0.2, 0.25) is 0 Å². The minimum Gasteiger partial charge on any atom is -0.496 e. The first-order valence-corrected chi connectivity index (χ1v) is 5.50. The molecule has 0 saturated heterocycles. The Morgan fingerprint density at radius 1 is 1.00 bits per heavy atom. The first-order chi connectivity index (χ1) is 6.88. The topological polar surface area (TPSA) is 9.23 Å². The van der Waals surface area contributed by atoms with Crippen LogP contribution in [0.1, 0.15) is 40.2 Å². The molecule has 0 heterocycles. The molecule has 82 valence electrons. The van der Waals surface area contributed by atoms with Crippen molar-refractivity contribution in [3.63, 3.8) is 0 Å². The van der Waals surface area contributed by atoms with E-state index in [2.05, 4.69) is 13.0 Å². The SMILES string of the molecule is CC.CC.CCc1ccccc1OC. The van der Waals surface area contributed by atoms with Crippen LogP contribution in [0.5, 0.6) is 5.75 Å². The molecule has 0 aromatic heterocycles. The van der Waals surface area contributed by atoms with Crippen LogP contribution < -0.4 is 4.74 Å². The lowest BCUT2D eigenvalue weighted by atomic mass is 10.1. The average Bonchev–Trinajstić information content (AvgIpc) is 2.34. The molecule has 0 amide bonds. The van der Waals surface area contributed by atoms with Gasteiger partial charge in [0.25, 0.3) is 0 Å². The van der Waals surface area contributed by atoms with Gasteiger partial charge in [-0.25, -0.2) is 0 Å². The van der Waals surface area contributed by atoms with E-state index in [4.69, 9.17) is 4.74 Å². The van der Waals surface area contributed by atoms with Crippen molar-refractivity contribution >= 4 is 0 Å². The van der Waals surface area contributed by atoms with E-state index in [1.54, 1.807) is 7.11 Å². The minimum absolute atomic E-state index is 0.991. The van der Waals surface area contributed by atoms with Gasteiger partial charge in [-0.1, -0.05) is 52.8 Å². The molecule has 0 atom stereocenters. The van der Waals surface area contributed by atoms with Crippen LogP contribution in [0.2, 0.25) is 0 Å². The van der Waals surface area contributed by atoms with Gasteiger partial charge in [-0.2, -0.15) is 0 Å². The highest BCUT2D eigenvalue weighted by Crippen LogP contribution is 2.16. The molecule has 0 aliphatic rings. The van der Waals surface area contributed by atoms with E-state index < -0.39 is 0 Å². The van der Waals surface area contributed by atoms with E-state index in [0.29, 0.717) is 0 Å². The second kappa shape index (κ2) is 12.0. The second-order valence-corrected chi connectivity index (χ2v) is 2.17. The van der Waals surface area contributed by atoms with Crippen LogP contribution in [0, 0.1) is 0 Å². The number of aryl methyl sites for hydroxylation is 1. The van der Waals surface area contributed by atoms with E-state index in [9.17, 15) is 0 Å². The summed E-state index contributed by atoms with van der Waals surface area (Å²) in [6, 6.07) is 8.08. The highest BCUT2D eigenvalue weighted by atomic mass is 16.5. The van der Waals surface area contributed by atoms with Crippen LogP contribution in [-0.2, 0) is 6.42 Å². The van der Waals surface area contributed by atoms with Gasteiger partial charge < -0.3 is 4.74 Å². The molecule has 0 saturated carbocycles. The van der Waals surface area contributed by atoms with Gasteiger partial charge >= 0.3 is 0 Å². The molecule has 0 radical (unpaired) electrons. The number of methoxy groups -OCH3 is 1. The van der Waals surface area contributed by atoms with Gasteiger partial charge in [-0.15, -0.1) is 0 Å². The summed E-state index contributed by atoms with van der Waals surface area (Å²) in [6.07, 6.45) is 1.03. The molecule has 0 fully saturated rings. The van der Waals surface area contributed by atoms with Crippen molar-refractivity contribution in [1.29, 1.82) is 0 Å². The van der Waals surface area contributed by atoms with Crippen molar-refractivity contribution in [2.24, 2.45) is 0 Å². The summed E-state index contributed by atoms with van der Waals surface area (Å²) in [5.41, 5.74) is 1.27. The molecule has 0 aliphatic heterocycles. The van der Waals surface area contributed by atoms with Crippen LogP contribution in [0.3, 0.4) is 0 Å². The van der Waals surface area contributed by atoms with Crippen LogP contribution in [0.4, 0.5) is 0 Å². The normalized spacial score (nSPS) is 7.57. The number of ether oxygens (including phenoxy) is 1. The Balaban J connectivity index is 0. The molecule has 1 rings (SSSR count). The zero-order valence-corrected chi connectivity index (χ0v) is 10.4. The van der Waals surface area contributed by atoms with Gasteiger partial charge in [0.05, 0.1) is 7.11 Å². The third-order valence-corrected chi connectivity index (χ3v) is 1.57. The van der Waals surface area contributed by atoms with E-state index in [0.717, 1.165) is 12.2 Å². The van der Waals surface area contributed by atoms with Gasteiger partial charge in [0.1, 0.15) is 5.75 Å². The van der Waals surface area contributed by atoms with Crippen molar-refractivity contribution in [3.05, 3.63) is 29.8 Å². The summed E-state index contributed by atoms with van der Waals surface area (Å²) >= 11 is 0. The zero-order chi connectivity index (χ0) is 11.4. The van der Waals surface area contributed by atoms with Crippen LogP contribution in [0.25, 0.3) is 0 Å². The molecular weight excluding hydrogens is 172 g/mol. The predicted octanol–water partition coefficient (Wildman–Crippen LogP) is 4.31. The maximum atomic E-state index is 5.14. The van der Waals surface area contributed by atoms with Crippen molar-refractivity contribution in [2.45, 2.75) is 41.0 Å². The largest absolute Gasteiger partial charge is 0.496 e. The Morgan fingerprint density at radius 2 is 1.50 bits per heavy atom.